The quantitative estimate of drug-likeness (QED) is 0.791. The van der Waals surface area contributed by atoms with Crippen molar-refractivity contribution in [1.29, 1.82) is 0 Å². The number of benzene rings is 1. The van der Waals surface area contributed by atoms with Crippen LogP contribution < -0.4 is 15.8 Å². The second kappa shape index (κ2) is 6.69. The van der Waals surface area contributed by atoms with Crippen molar-refractivity contribution < 1.29 is 4.74 Å². The van der Waals surface area contributed by atoms with Crippen LogP contribution in [0, 0.1) is 11.8 Å². The van der Waals surface area contributed by atoms with E-state index in [4.69, 9.17) is 10.5 Å². The zero-order chi connectivity index (χ0) is 13.7. The molecule has 3 heteroatoms. The Kier molecular flexibility index (Phi) is 4.94. The minimum absolute atomic E-state index is 0.689. The summed E-state index contributed by atoms with van der Waals surface area (Å²) in [4.78, 5) is 0. The molecule has 0 aliphatic heterocycles. The van der Waals surface area contributed by atoms with Crippen LogP contribution in [-0.2, 0) is 0 Å². The number of methoxy groups -OCH3 is 1. The van der Waals surface area contributed by atoms with Crippen LogP contribution in [-0.4, -0.2) is 13.7 Å². The Labute approximate surface area is 116 Å². The Morgan fingerprint density at radius 1 is 1.37 bits per heavy atom. The number of nitrogens with one attached hydrogen (secondary N) is 1. The van der Waals surface area contributed by atoms with E-state index < -0.39 is 0 Å². The third kappa shape index (κ3) is 4.05. The largest absolute Gasteiger partial charge is 0.495 e. The van der Waals surface area contributed by atoms with Crippen molar-refractivity contribution in [3.05, 3.63) is 18.2 Å². The Bertz CT molecular complexity index is 406. The van der Waals surface area contributed by atoms with Crippen LogP contribution >= 0.6 is 0 Å². The Hall–Kier alpha value is -1.38. The van der Waals surface area contributed by atoms with Crippen LogP contribution in [0.3, 0.4) is 0 Å². The van der Waals surface area contributed by atoms with E-state index in [1.165, 1.54) is 32.1 Å². The summed E-state index contributed by atoms with van der Waals surface area (Å²) in [6.07, 6.45) is 6.88. The van der Waals surface area contributed by atoms with Gasteiger partial charge in [-0.05, 0) is 36.8 Å². The number of anilines is 2. The lowest BCUT2D eigenvalue weighted by atomic mass is 9.81. The van der Waals surface area contributed by atoms with Gasteiger partial charge in [0, 0.05) is 18.3 Å². The number of nitrogen functional groups attached to an aromatic ring is 1. The molecule has 1 aliphatic rings. The number of hydrogen-bond acceptors (Lipinski definition) is 3. The molecule has 2 rings (SSSR count). The van der Waals surface area contributed by atoms with Gasteiger partial charge in [0.15, 0.2) is 0 Å². The molecule has 1 aliphatic carbocycles. The highest BCUT2D eigenvalue weighted by molar-refractivity contribution is 5.61. The second-order valence-corrected chi connectivity index (χ2v) is 5.81. The van der Waals surface area contributed by atoms with E-state index in [9.17, 15) is 0 Å². The van der Waals surface area contributed by atoms with Gasteiger partial charge in [0.2, 0.25) is 0 Å². The normalized spacial score (nSPS) is 23.1. The van der Waals surface area contributed by atoms with Gasteiger partial charge in [-0.2, -0.15) is 0 Å². The van der Waals surface area contributed by atoms with E-state index in [-0.39, 0.29) is 0 Å². The van der Waals surface area contributed by atoms with Gasteiger partial charge < -0.3 is 15.8 Å². The Morgan fingerprint density at radius 3 is 2.95 bits per heavy atom. The number of hydrogen-bond donors (Lipinski definition) is 2. The lowest BCUT2D eigenvalue weighted by molar-refractivity contribution is 0.274. The van der Waals surface area contributed by atoms with Crippen molar-refractivity contribution in [3.8, 4) is 5.75 Å². The van der Waals surface area contributed by atoms with Gasteiger partial charge in [-0.15, -0.1) is 0 Å². The molecule has 2 unspecified atom stereocenters. The van der Waals surface area contributed by atoms with Crippen molar-refractivity contribution in [2.24, 2.45) is 11.8 Å². The van der Waals surface area contributed by atoms with Gasteiger partial charge in [0.05, 0.1) is 12.8 Å². The molecule has 2 atom stereocenters. The predicted molar refractivity (Wildman–Crippen MR) is 81.6 cm³/mol. The molecular weight excluding hydrogens is 236 g/mol. The van der Waals surface area contributed by atoms with Crippen LogP contribution in [0.25, 0.3) is 0 Å². The topological polar surface area (TPSA) is 47.3 Å². The summed E-state index contributed by atoms with van der Waals surface area (Å²) in [5, 5.41) is 3.47. The average molecular weight is 262 g/mol. The smallest absolute Gasteiger partial charge is 0.143 e. The molecule has 3 nitrogen and oxygen atoms in total. The molecule has 1 aromatic carbocycles. The summed E-state index contributed by atoms with van der Waals surface area (Å²) in [5.74, 6) is 2.55. The van der Waals surface area contributed by atoms with Crippen LogP contribution in [0.15, 0.2) is 18.2 Å². The fourth-order valence-corrected chi connectivity index (χ4v) is 3.06. The maximum atomic E-state index is 5.81. The molecular formula is C16H26N2O. The highest BCUT2D eigenvalue weighted by Crippen LogP contribution is 2.31. The number of nitrogens with two attached hydrogens (primary N) is 1. The summed E-state index contributed by atoms with van der Waals surface area (Å²) in [7, 11) is 1.65. The first kappa shape index (κ1) is 14.0. The monoisotopic (exact) mass is 262 g/mol. The third-order valence-corrected chi connectivity index (χ3v) is 4.16. The average Bonchev–Trinajstić information content (AvgIpc) is 2.41. The molecule has 19 heavy (non-hydrogen) atoms. The van der Waals surface area contributed by atoms with Gasteiger partial charge >= 0.3 is 0 Å². The van der Waals surface area contributed by atoms with E-state index in [0.717, 1.165) is 29.8 Å². The van der Waals surface area contributed by atoms with Crippen LogP contribution in [0.1, 0.15) is 39.0 Å². The fourth-order valence-electron chi connectivity index (χ4n) is 3.06. The predicted octanol–water partition coefficient (Wildman–Crippen LogP) is 3.91. The maximum absolute atomic E-state index is 5.81. The standard InChI is InChI=1S/C16H26N2O/c1-12-4-3-5-13(10-12)8-9-18-14-6-7-15(17)16(11-14)19-2/h6-7,11-13,18H,3-5,8-10,17H2,1-2H3. The number of rotatable bonds is 5. The van der Waals surface area contributed by atoms with Gasteiger partial charge in [0.1, 0.15) is 5.75 Å². The fraction of sp³-hybridized carbons (Fsp3) is 0.625. The Balaban J connectivity index is 1.79. The maximum Gasteiger partial charge on any atom is 0.143 e. The first-order chi connectivity index (χ1) is 9.19. The molecule has 0 saturated heterocycles. The van der Waals surface area contributed by atoms with Gasteiger partial charge in [-0.1, -0.05) is 26.2 Å². The first-order valence-electron chi connectivity index (χ1n) is 7.36. The van der Waals surface area contributed by atoms with Crippen molar-refractivity contribution >= 4 is 11.4 Å². The summed E-state index contributed by atoms with van der Waals surface area (Å²) in [5.41, 5.74) is 7.59. The highest BCUT2D eigenvalue weighted by Gasteiger charge is 2.18. The molecule has 1 saturated carbocycles. The lowest BCUT2D eigenvalue weighted by Crippen LogP contribution is -2.16. The minimum atomic E-state index is 0.689. The Morgan fingerprint density at radius 2 is 2.21 bits per heavy atom. The molecule has 106 valence electrons. The molecule has 1 aromatic rings. The summed E-state index contributed by atoms with van der Waals surface area (Å²) < 4.78 is 5.23. The van der Waals surface area contributed by atoms with Crippen molar-refractivity contribution in [3.63, 3.8) is 0 Å². The van der Waals surface area contributed by atoms with Gasteiger partial charge in [-0.25, -0.2) is 0 Å². The van der Waals surface area contributed by atoms with Crippen LogP contribution in [0.2, 0.25) is 0 Å². The lowest BCUT2D eigenvalue weighted by Gasteiger charge is -2.26. The summed E-state index contributed by atoms with van der Waals surface area (Å²) >= 11 is 0. The van der Waals surface area contributed by atoms with E-state index in [1.807, 2.05) is 18.2 Å². The molecule has 0 amide bonds. The van der Waals surface area contributed by atoms with Crippen molar-refractivity contribution in [2.45, 2.75) is 39.0 Å². The van der Waals surface area contributed by atoms with Crippen molar-refractivity contribution in [1.82, 2.24) is 0 Å². The summed E-state index contributed by atoms with van der Waals surface area (Å²) in [6, 6.07) is 5.88. The highest BCUT2D eigenvalue weighted by atomic mass is 16.5. The zero-order valence-electron chi connectivity index (χ0n) is 12.1. The second-order valence-electron chi connectivity index (χ2n) is 5.81. The van der Waals surface area contributed by atoms with E-state index in [0.29, 0.717) is 5.69 Å². The van der Waals surface area contributed by atoms with Crippen molar-refractivity contribution in [2.75, 3.05) is 24.7 Å². The molecule has 0 spiro atoms. The molecule has 0 heterocycles. The third-order valence-electron chi connectivity index (χ3n) is 4.16. The van der Waals surface area contributed by atoms with Crippen LogP contribution in [0.5, 0.6) is 5.75 Å². The summed E-state index contributed by atoms with van der Waals surface area (Å²) in [6.45, 7) is 3.41. The molecule has 0 aromatic heterocycles. The minimum Gasteiger partial charge on any atom is -0.495 e. The first-order valence-corrected chi connectivity index (χ1v) is 7.36. The molecule has 1 fully saturated rings. The molecule has 0 radical (unpaired) electrons. The SMILES string of the molecule is COc1cc(NCCC2CCCC(C)C2)ccc1N. The molecule has 3 N–H and O–H groups in total. The van der Waals surface area contributed by atoms with Crippen LogP contribution in [0.4, 0.5) is 11.4 Å². The van der Waals surface area contributed by atoms with E-state index in [1.54, 1.807) is 7.11 Å². The van der Waals surface area contributed by atoms with E-state index >= 15 is 0 Å². The zero-order valence-corrected chi connectivity index (χ0v) is 12.1. The van der Waals surface area contributed by atoms with E-state index in [2.05, 4.69) is 12.2 Å². The number of ether oxygens (including phenoxy) is 1. The van der Waals surface area contributed by atoms with Gasteiger partial charge in [-0.3, -0.25) is 0 Å². The van der Waals surface area contributed by atoms with Gasteiger partial charge in [0.25, 0.3) is 0 Å². The molecule has 0 bridgehead atoms.